The number of halogens is 10. The summed E-state index contributed by atoms with van der Waals surface area (Å²) in [4.78, 5) is 44.2. The molecule has 2 amide bonds. The van der Waals surface area contributed by atoms with Crippen molar-refractivity contribution in [3.63, 3.8) is 0 Å². The SMILES string of the molecule is COC(=O)CS(=O)(=O)c1ccc(CNC(=O)c2ccc3c(c2)nc(C(F)(F)F)n3Cc2cccc3c2OC(F)(F)O3)cc1.O=C(NCC1CCN(S(=O)(=O)CCO)CC1)c1ccc2c(c1)nc(C(F)(F)F)n2Cc1cccc2c1OC(F)(F)O2. The van der Waals surface area contributed by atoms with Gasteiger partial charge in [-0.3, -0.25) is 14.4 Å². The minimum Gasteiger partial charge on any atom is -0.468 e. The summed E-state index contributed by atoms with van der Waals surface area (Å²) in [5, 5.41) is 14.2. The average molecular weight is 1230 g/mol. The van der Waals surface area contributed by atoms with Crippen LogP contribution in [0.4, 0.5) is 43.9 Å². The second-order valence-electron chi connectivity index (χ2n) is 19.0. The van der Waals surface area contributed by atoms with E-state index in [1.54, 1.807) is 0 Å². The number of ether oxygens (including phenoxy) is 5. The molecule has 3 aliphatic heterocycles. The highest BCUT2D eigenvalue weighted by atomic mass is 32.2. The zero-order chi connectivity index (χ0) is 60.7. The lowest BCUT2D eigenvalue weighted by Crippen LogP contribution is -2.42. The minimum absolute atomic E-state index is 0.00882. The minimum atomic E-state index is -4.92. The molecular weight excluding hydrogens is 1180 g/mol. The van der Waals surface area contributed by atoms with Gasteiger partial charge in [0.25, 0.3) is 11.8 Å². The topological polar surface area (TPSA) is 249 Å². The summed E-state index contributed by atoms with van der Waals surface area (Å²) in [6, 6.07) is 20.7. The van der Waals surface area contributed by atoms with Gasteiger partial charge in [-0.15, -0.1) is 17.6 Å². The molecule has 1 saturated heterocycles. The van der Waals surface area contributed by atoms with Crippen molar-refractivity contribution < 1.29 is 104 Å². The molecule has 1 fully saturated rings. The van der Waals surface area contributed by atoms with Gasteiger partial charge in [-0.25, -0.2) is 31.1 Å². The first-order chi connectivity index (χ1) is 39.4. The van der Waals surface area contributed by atoms with Gasteiger partial charge >= 0.3 is 30.9 Å². The fourth-order valence-electron chi connectivity index (χ4n) is 9.31. The Hall–Kier alpha value is -8.23. The Morgan fingerprint density at radius 2 is 1.15 bits per heavy atom. The van der Waals surface area contributed by atoms with Crippen molar-refractivity contribution in [2.45, 2.75) is 62.3 Å². The van der Waals surface area contributed by atoms with Crippen molar-refractivity contribution in [3.05, 3.63) is 137 Å². The zero-order valence-electron chi connectivity index (χ0n) is 43.3. The normalized spacial score (nSPS) is 15.9. The number of aliphatic hydroxyl groups excluding tert-OH is 1. The molecule has 2 aromatic heterocycles. The van der Waals surface area contributed by atoms with Gasteiger partial charge in [0.05, 0.1) is 59.5 Å². The van der Waals surface area contributed by atoms with Crippen LogP contribution in [0.3, 0.4) is 0 Å². The van der Waals surface area contributed by atoms with Gasteiger partial charge in [-0.05, 0) is 85.0 Å². The summed E-state index contributed by atoms with van der Waals surface area (Å²) in [6.45, 7) is -0.822. The first-order valence-electron chi connectivity index (χ1n) is 24.9. The quantitative estimate of drug-likeness (QED) is 0.0626. The van der Waals surface area contributed by atoms with Crippen molar-refractivity contribution in [2.75, 3.05) is 44.9 Å². The lowest BCUT2D eigenvalue weighted by Gasteiger charge is -2.31. The van der Waals surface area contributed by atoms with Crippen LogP contribution in [-0.4, -0.2) is 121 Å². The molecule has 5 heterocycles. The van der Waals surface area contributed by atoms with Gasteiger partial charge < -0.3 is 48.6 Å². The van der Waals surface area contributed by atoms with Gasteiger partial charge in [-0.2, -0.15) is 26.3 Å². The molecule has 0 spiro atoms. The second kappa shape index (κ2) is 23.1. The van der Waals surface area contributed by atoms with Crippen molar-refractivity contribution in [1.29, 1.82) is 0 Å². The van der Waals surface area contributed by atoms with Crippen LogP contribution in [0.5, 0.6) is 23.0 Å². The molecule has 3 aliphatic rings. The van der Waals surface area contributed by atoms with E-state index in [4.69, 9.17) is 5.11 Å². The fourth-order valence-corrected chi connectivity index (χ4v) is 11.7. The van der Waals surface area contributed by atoms with Crippen molar-refractivity contribution in [2.24, 2.45) is 5.92 Å². The number of methoxy groups -OCH3 is 1. The third-order valence-electron chi connectivity index (χ3n) is 13.3. The van der Waals surface area contributed by atoms with Crippen LogP contribution >= 0.6 is 0 Å². The number of alkyl halides is 10. The number of hydrogen-bond donors (Lipinski definition) is 3. The number of esters is 1. The smallest absolute Gasteiger partial charge is 0.468 e. The number of piperidine rings is 1. The Kier molecular flexibility index (Phi) is 16.6. The van der Waals surface area contributed by atoms with E-state index in [0.717, 1.165) is 22.3 Å². The number of amides is 2. The Bertz CT molecular complexity index is 3910. The highest BCUT2D eigenvalue weighted by molar-refractivity contribution is 7.92. The van der Waals surface area contributed by atoms with Gasteiger partial charge in [0, 0.05) is 48.4 Å². The van der Waals surface area contributed by atoms with Gasteiger partial charge in [0.1, 0.15) is 0 Å². The van der Waals surface area contributed by atoms with Gasteiger partial charge in [-0.1, -0.05) is 36.4 Å². The molecule has 0 atom stereocenters. The van der Waals surface area contributed by atoms with E-state index >= 15 is 0 Å². The molecule has 5 aromatic carbocycles. The largest absolute Gasteiger partial charge is 0.586 e. The van der Waals surface area contributed by atoms with Crippen molar-refractivity contribution >= 4 is 59.7 Å². The summed E-state index contributed by atoms with van der Waals surface area (Å²) >= 11 is 0. The number of para-hydroxylation sites is 2. The number of aliphatic hydroxyl groups is 1. The molecule has 3 N–H and O–H groups in total. The number of rotatable bonds is 16. The first-order valence-corrected chi connectivity index (χ1v) is 28.1. The third-order valence-corrected chi connectivity index (χ3v) is 16.8. The maximum Gasteiger partial charge on any atom is 0.586 e. The summed E-state index contributed by atoms with van der Waals surface area (Å²) in [5.41, 5.74) is 0.271. The predicted octanol–water partition coefficient (Wildman–Crippen LogP) is 7.49. The molecular formula is C52H45F10N7O13S2. The number of benzene rings is 5. The number of carbonyl (C=O) groups is 3. The van der Waals surface area contributed by atoms with E-state index < -0.39 is 105 Å². The summed E-state index contributed by atoms with van der Waals surface area (Å²) in [5.74, 6) is -7.30. The number of sulfone groups is 1. The average Bonchev–Trinajstić information content (AvgIpc) is 2.90. The summed E-state index contributed by atoms with van der Waals surface area (Å²) in [6.07, 6.45) is -16.7. The number of imidazole rings is 2. The number of sulfonamides is 1. The van der Waals surface area contributed by atoms with Gasteiger partial charge in [0.2, 0.25) is 21.7 Å². The third kappa shape index (κ3) is 13.4. The maximum absolute atomic E-state index is 13.9. The van der Waals surface area contributed by atoms with Crippen molar-refractivity contribution in [3.8, 4) is 23.0 Å². The van der Waals surface area contributed by atoms with E-state index in [9.17, 15) is 75.1 Å². The highest BCUT2D eigenvalue weighted by Gasteiger charge is 2.47. The molecule has 0 saturated carbocycles. The lowest BCUT2D eigenvalue weighted by atomic mass is 9.98. The fraction of sp³-hybridized carbons (Fsp3) is 0.327. The molecule has 84 heavy (non-hydrogen) atoms. The second-order valence-corrected chi connectivity index (χ2v) is 23.1. The number of nitrogens with zero attached hydrogens (tertiary/aromatic N) is 5. The van der Waals surface area contributed by atoms with Crippen LogP contribution in [-0.2, 0) is 61.4 Å². The van der Waals surface area contributed by atoms with E-state index in [2.05, 4.69) is 44.3 Å². The predicted molar refractivity (Wildman–Crippen MR) is 272 cm³/mol. The highest BCUT2D eigenvalue weighted by Crippen LogP contribution is 2.46. The molecule has 448 valence electrons. The molecule has 0 radical (unpaired) electrons. The molecule has 0 unspecified atom stereocenters. The number of hydrogen-bond acceptors (Lipinski definition) is 15. The van der Waals surface area contributed by atoms with Crippen LogP contribution in [0, 0.1) is 5.92 Å². The molecule has 0 aliphatic carbocycles. The molecule has 32 heteroatoms. The van der Waals surface area contributed by atoms with Crippen LogP contribution in [0.15, 0.2) is 102 Å². The van der Waals surface area contributed by atoms with E-state index in [0.29, 0.717) is 18.4 Å². The van der Waals surface area contributed by atoms with Crippen LogP contribution in [0.2, 0.25) is 0 Å². The molecule has 0 bridgehead atoms. The monoisotopic (exact) mass is 1230 g/mol. The Labute approximate surface area is 468 Å². The number of fused-ring (bicyclic) bond motifs is 4. The van der Waals surface area contributed by atoms with E-state index in [1.807, 2.05) is 0 Å². The first kappa shape index (κ1) is 60.4. The molecule has 20 nitrogen and oxygen atoms in total. The number of aromatic nitrogens is 4. The van der Waals surface area contributed by atoms with Crippen LogP contribution < -0.4 is 29.6 Å². The Morgan fingerprint density at radius 3 is 1.61 bits per heavy atom. The van der Waals surface area contributed by atoms with E-state index in [1.165, 1.54) is 95.3 Å². The summed E-state index contributed by atoms with van der Waals surface area (Å²) in [7, 11) is -6.39. The lowest BCUT2D eigenvalue weighted by molar-refractivity contribution is -0.287. The van der Waals surface area contributed by atoms with Crippen LogP contribution in [0.1, 0.15) is 61.9 Å². The standard InChI is InChI=1S/C27H20F5N3O7S.C25H25F5N4O6S/c1-40-22(36)14-43(38,39)18-8-5-15(6-9-18)12-33-24(37)16-7-10-20-19(11-16)34-25(26(28,29)30)35(20)13-17-3-2-4-21-23(17)42-27(31,32)41-21;26-24(27,28)23-32-18-12-16(22(36)31-13-15-6-8-33(9-7-15)41(37,38)11-10-35)4-5-19(18)34(23)14-17-2-1-3-20-21(17)40-25(29,30)39-20/h2-11H,12-14H2,1H3,(H,33,37);1-5,12,15,35H,6-11,13-14H2,(H,31,36). The Balaban J connectivity index is 0.000000202. The number of carbonyl (C=O) groups excluding carboxylic acids is 3. The van der Waals surface area contributed by atoms with Gasteiger partial charge in [0.15, 0.2) is 38.6 Å². The Morgan fingerprint density at radius 1 is 0.679 bits per heavy atom. The number of nitrogens with one attached hydrogen (secondary N) is 2. The summed E-state index contributed by atoms with van der Waals surface area (Å²) < 4.78 is 212. The molecule has 7 aromatic rings. The zero-order valence-corrected chi connectivity index (χ0v) is 44.9. The maximum atomic E-state index is 13.9. The van der Waals surface area contributed by atoms with Crippen molar-refractivity contribution in [1.82, 2.24) is 34.0 Å². The van der Waals surface area contributed by atoms with Crippen LogP contribution in [0.25, 0.3) is 22.1 Å². The van der Waals surface area contributed by atoms with E-state index in [-0.39, 0.29) is 104 Å². The molecule has 10 rings (SSSR count).